The van der Waals surface area contributed by atoms with Crippen molar-refractivity contribution in [1.82, 2.24) is 19.7 Å². The number of halogens is 1. The quantitative estimate of drug-likeness (QED) is 0.175. The average Bonchev–Trinajstić information content (AvgIpc) is 3.34. The zero-order valence-electron chi connectivity index (χ0n) is 23.8. The minimum Gasteiger partial charge on any atom is -0.487 e. The summed E-state index contributed by atoms with van der Waals surface area (Å²) in [7, 11) is 0. The molecule has 1 aliphatic carbocycles. The van der Waals surface area contributed by atoms with Gasteiger partial charge in [0.05, 0.1) is 30.1 Å². The summed E-state index contributed by atoms with van der Waals surface area (Å²) in [6, 6.07) is 5.87. The second kappa shape index (κ2) is 14.3. The van der Waals surface area contributed by atoms with Gasteiger partial charge in [0, 0.05) is 31.0 Å². The molecule has 1 saturated carbocycles. The van der Waals surface area contributed by atoms with Crippen LogP contribution in [0.2, 0.25) is 5.02 Å². The van der Waals surface area contributed by atoms with Crippen LogP contribution in [-0.4, -0.2) is 62.4 Å². The zero-order chi connectivity index (χ0) is 29.2. The Hall–Kier alpha value is -3.70. The summed E-state index contributed by atoms with van der Waals surface area (Å²) in [5.41, 5.74) is 6.98. The number of hydrogen-bond acceptors (Lipinski definition) is 8. The summed E-state index contributed by atoms with van der Waals surface area (Å²) in [5.74, 6) is 1.42. The van der Waals surface area contributed by atoms with Crippen LogP contribution in [0, 0.1) is 0 Å². The Balaban J connectivity index is 1.50. The van der Waals surface area contributed by atoms with Gasteiger partial charge in [0.15, 0.2) is 0 Å². The number of nitrogens with one attached hydrogen (secondary N) is 1. The molecule has 220 valence electrons. The minimum atomic E-state index is -0.585. The molecule has 2 heterocycles. The van der Waals surface area contributed by atoms with E-state index in [2.05, 4.69) is 25.3 Å². The number of nitrogens with zero attached hydrogens (tertiary/aromatic N) is 6. The van der Waals surface area contributed by atoms with Crippen LogP contribution >= 0.6 is 11.6 Å². The molecule has 12 heteroatoms. The fraction of sp³-hybridized carbons (Fsp3) is 0.483. The van der Waals surface area contributed by atoms with Crippen molar-refractivity contribution in [2.75, 3.05) is 18.5 Å². The lowest BCUT2D eigenvalue weighted by Gasteiger charge is -2.25. The molecule has 0 amide bonds. The second-order valence-electron chi connectivity index (χ2n) is 10.7. The molecule has 0 bridgehead atoms. The van der Waals surface area contributed by atoms with Crippen molar-refractivity contribution in [3.05, 3.63) is 41.8 Å². The van der Waals surface area contributed by atoms with Crippen LogP contribution in [0.25, 0.3) is 11.1 Å². The Morgan fingerprint density at radius 1 is 1.22 bits per heavy atom. The summed E-state index contributed by atoms with van der Waals surface area (Å²) in [5, 5.41) is 18.0. The molecule has 4 rings (SSSR count). The Bertz CT molecular complexity index is 1320. The maximum absolute atomic E-state index is 9.47. The van der Waals surface area contributed by atoms with Crippen LogP contribution in [-0.2, 0) is 0 Å². The summed E-state index contributed by atoms with van der Waals surface area (Å²) >= 11 is 6.39. The summed E-state index contributed by atoms with van der Waals surface area (Å²) in [4.78, 5) is 17.0. The standard InChI is InChI=1S/C29H39ClN8O3/c1-20(14-32-19-33-18-31)40-26-13-21(9-10-24(26)30)22-15-34-28(35-16-22)36-25-17-38(23-7-5-4-6-8-23)37-27(25)41-29(2,3)11-12-39/h9-10,13,15-20,23,39H,4-8,11-12,14H2,1-3H3,(H2,31,32,33)(H,34,35,36)/t20-/m0/s1. The van der Waals surface area contributed by atoms with Crippen molar-refractivity contribution < 1.29 is 14.6 Å². The molecule has 1 aromatic carbocycles. The Labute approximate surface area is 245 Å². The molecule has 11 nitrogen and oxygen atoms in total. The minimum absolute atomic E-state index is 0.0256. The summed E-state index contributed by atoms with van der Waals surface area (Å²) in [6.45, 7) is 6.20. The molecule has 0 saturated heterocycles. The molecule has 1 aliphatic rings. The van der Waals surface area contributed by atoms with E-state index >= 15 is 0 Å². The number of anilines is 2. The molecule has 1 atom stereocenters. The predicted octanol–water partition coefficient (Wildman–Crippen LogP) is 5.56. The number of aliphatic hydroxyl groups excluding tert-OH is 1. The highest BCUT2D eigenvalue weighted by molar-refractivity contribution is 6.32. The van der Waals surface area contributed by atoms with Gasteiger partial charge in [-0.25, -0.2) is 15.0 Å². The lowest BCUT2D eigenvalue weighted by atomic mass is 9.96. The van der Waals surface area contributed by atoms with Crippen LogP contribution in [0.15, 0.2) is 46.8 Å². The van der Waals surface area contributed by atoms with Gasteiger partial charge in [-0.15, -0.1) is 5.10 Å². The Morgan fingerprint density at radius 3 is 2.68 bits per heavy atom. The largest absolute Gasteiger partial charge is 0.487 e. The van der Waals surface area contributed by atoms with Gasteiger partial charge < -0.3 is 25.6 Å². The molecule has 3 aromatic rings. The number of rotatable bonds is 13. The molecule has 0 radical (unpaired) electrons. The maximum atomic E-state index is 9.47. The van der Waals surface area contributed by atoms with E-state index in [1.165, 1.54) is 31.9 Å². The van der Waals surface area contributed by atoms with Crippen molar-refractivity contribution in [3.63, 3.8) is 0 Å². The third-order valence-electron chi connectivity index (χ3n) is 6.82. The smallest absolute Gasteiger partial charge is 0.257 e. The van der Waals surface area contributed by atoms with Gasteiger partial charge in [-0.05, 0) is 51.3 Å². The maximum Gasteiger partial charge on any atom is 0.257 e. The molecule has 41 heavy (non-hydrogen) atoms. The first-order valence-corrected chi connectivity index (χ1v) is 14.3. The Morgan fingerprint density at radius 2 is 1.98 bits per heavy atom. The van der Waals surface area contributed by atoms with Crippen molar-refractivity contribution in [2.45, 2.75) is 77.0 Å². The molecular weight excluding hydrogens is 544 g/mol. The normalized spacial score (nSPS) is 15.4. The van der Waals surface area contributed by atoms with E-state index in [1.54, 1.807) is 18.5 Å². The number of hydrogen-bond donors (Lipinski definition) is 3. The topological polar surface area (TPSA) is 145 Å². The van der Waals surface area contributed by atoms with Gasteiger partial charge >= 0.3 is 0 Å². The molecule has 1 fully saturated rings. The number of benzene rings is 1. The first-order valence-electron chi connectivity index (χ1n) is 13.9. The first-order chi connectivity index (χ1) is 19.8. The summed E-state index contributed by atoms with van der Waals surface area (Å²) in [6.07, 6.45) is 14.1. The van der Waals surface area contributed by atoms with Crippen LogP contribution in [0.3, 0.4) is 0 Å². The predicted molar refractivity (Wildman–Crippen MR) is 163 cm³/mol. The van der Waals surface area contributed by atoms with Gasteiger partial charge in [-0.3, -0.25) is 9.67 Å². The number of aromatic nitrogens is 4. The van der Waals surface area contributed by atoms with Gasteiger partial charge in [-0.2, -0.15) is 0 Å². The van der Waals surface area contributed by atoms with Crippen LogP contribution in [0.1, 0.15) is 65.3 Å². The van der Waals surface area contributed by atoms with Gasteiger partial charge in [0.25, 0.3) is 5.88 Å². The Kier molecular flexibility index (Phi) is 10.5. The average molecular weight is 583 g/mol. The number of aliphatic imine (C=N–C) groups is 2. The number of ether oxygens (including phenoxy) is 2. The molecule has 0 aliphatic heterocycles. The van der Waals surface area contributed by atoms with E-state index in [4.69, 9.17) is 31.9 Å². The molecule has 4 N–H and O–H groups in total. The monoisotopic (exact) mass is 582 g/mol. The van der Waals surface area contributed by atoms with Crippen LogP contribution < -0.4 is 20.5 Å². The van der Waals surface area contributed by atoms with E-state index in [9.17, 15) is 5.11 Å². The van der Waals surface area contributed by atoms with Crippen molar-refractivity contribution in [1.29, 1.82) is 0 Å². The van der Waals surface area contributed by atoms with E-state index in [0.29, 0.717) is 47.3 Å². The lowest BCUT2D eigenvalue weighted by molar-refractivity contribution is 0.0710. The van der Waals surface area contributed by atoms with Crippen molar-refractivity contribution in [3.8, 4) is 22.8 Å². The highest BCUT2D eigenvalue weighted by atomic mass is 35.5. The number of aliphatic hydroxyl groups is 1. The molecule has 0 spiro atoms. The van der Waals surface area contributed by atoms with Gasteiger partial charge in [-0.1, -0.05) is 36.9 Å². The van der Waals surface area contributed by atoms with Crippen molar-refractivity contribution in [2.24, 2.45) is 15.7 Å². The van der Waals surface area contributed by atoms with E-state index in [-0.39, 0.29) is 12.7 Å². The third-order valence-corrected chi connectivity index (χ3v) is 7.13. The fourth-order valence-electron chi connectivity index (χ4n) is 4.62. The van der Waals surface area contributed by atoms with Gasteiger partial charge in [0.2, 0.25) is 5.95 Å². The highest BCUT2D eigenvalue weighted by Gasteiger charge is 2.26. The van der Waals surface area contributed by atoms with Crippen molar-refractivity contribution >= 4 is 35.9 Å². The van der Waals surface area contributed by atoms with E-state index < -0.39 is 5.60 Å². The third kappa shape index (κ3) is 8.64. The summed E-state index contributed by atoms with van der Waals surface area (Å²) < 4.78 is 14.2. The van der Waals surface area contributed by atoms with E-state index in [0.717, 1.165) is 24.0 Å². The fourth-order valence-corrected chi connectivity index (χ4v) is 4.78. The highest BCUT2D eigenvalue weighted by Crippen LogP contribution is 2.35. The molecule has 0 unspecified atom stereocenters. The van der Waals surface area contributed by atoms with Crippen LogP contribution in [0.4, 0.5) is 11.6 Å². The van der Waals surface area contributed by atoms with Gasteiger partial charge in [0.1, 0.15) is 29.5 Å². The van der Waals surface area contributed by atoms with Crippen LogP contribution in [0.5, 0.6) is 11.6 Å². The van der Waals surface area contributed by atoms with E-state index in [1.807, 2.05) is 43.8 Å². The lowest BCUT2D eigenvalue weighted by Crippen LogP contribution is -2.30. The first kappa shape index (κ1) is 30.3. The second-order valence-corrected chi connectivity index (χ2v) is 11.1. The number of nitrogens with two attached hydrogens (primary N) is 1. The molecular formula is C29H39ClN8O3. The molecule has 2 aromatic heterocycles. The zero-order valence-corrected chi connectivity index (χ0v) is 24.6. The SMILES string of the molecule is C[C@@H](CN=CN=CN)Oc1cc(-c2cnc(Nc3cn(C4CCCCC4)nc3OC(C)(C)CCO)nc2)ccc1Cl.